The second kappa shape index (κ2) is 14.6. The molecule has 1 aliphatic rings. The summed E-state index contributed by atoms with van der Waals surface area (Å²) < 4.78 is 16.2. The lowest BCUT2D eigenvalue weighted by Crippen LogP contribution is -2.48. The molecule has 1 aromatic carbocycles. The Morgan fingerprint density at radius 2 is 1.34 bits per heavy atom. The van der Waals surface area contributed by atoms with Crippen LogP contribution in [0.5, 0.6) is 17.2 Å². The van der Waals surface area contributed by atoms with Crippen LogP contribution in [0.15, 0.2) is 47.1 Å². The van der Waals surface area contributed by atoms with E-state index in [1.807, 2.05) is 4.90 Å². The van der Waals surface area contributed by atoms with E-state index in [1.54, 1.807) is 33.5 Å². The Morgan fingerprint density at radius 3 is 1.86 bits per heavy atom. The van der Waals surface area contributed by atoms with Crippen LogP contribution in [0.2, 0.25) is 0 Å². The quantitative estimate of drug-likeness (QED) is 0.346. The second-order valence-corrected chi connectivity index (χ2v) is 9.47. The first-order valence-electron chi connectivity index (χ1n) is 12.5. The highest BCUT2D eigenvalue weighted by Crippen LogP contribution is 2.38. The molecular weight excluding hydrogens is 440 g/mol. The van der Waals surface area contributed by atoms with Crippen molar-refractivity contribution in [3.8, 4) is 17.2 Å². The maximum absolute atomic E-state index is 13.1. The second-order valence-electron chi connectivity index (χ2n) is 9.47. The van der Waals surface area contributed by atoms with Crippen LogP contribution >= 0.6 is 0 Å². The largest absolute Gasteiger partial charge is 0.493 e. The van der Waals surface area contributed by atoms with Crippen molar-refractivity contribution in [1.29, 1.82) is 0 Å². The van der Waals surface area contributed by atoms with Crippen molar-refractivity contribution < 1.29 is 19.0 Å². The van der Waals surface area contributed by atoms with Crippen LogP contribution in [0, 0.1) is 0 Å². The van der Waals surface area contributed by atoms with E-state index in [-0.39, 0.29) is 5.91 Å². The number of carbonyl (C=O) groups excluding carboxylic acids is 1. The minimum Gasteiger partial charge on any atom is -0.493 e. The normalized spacial score (nSPS) is 15.1. The smallest absolute Gasteiger partial charge is 0.254 e. The lowest BCUT2D eigenvalue weighted by Gasteiger charge is -2.34. The van der Waals surface area contributed by atoms with Gasteiger partial charge in [0.1, 0.15) is 0 Å². The van der Waals surface area contributed by atoms with Gasteiger partial charge >= 0.3 is 0 Å². The van der Waals surface area contributed by atoms with Crippen LogP contribution in [0.1, 0.15) is 63.7 Å². The summed E-state index contributed by atoms with van der Waals surface area (Å²) in [6.07, 6.45) is 11.5. The number of methoxy groups -OCH3 is 3. The first-order valence-corrected chi connectivity index (χ1v) is 12.5. The van der Waals surface area contributed by atoms with Gasteiger partial charge in [0.15, 0.2) is 11.5 Å². The summed E-state index contributed by atoms with van der Waals surface area (Å²) in [5.41, 5.74) is 4.84. The Hall–Kier alpha value is -2.73. The highest BCUT2D eigenvalue weighted by molar-refractivity contribution is 5.95. The Labute approximate surface area is 212 Å². The van der Waals surface area contributed by atoms with Crippen LogP contribution in [-0.2, 0) is 0 Å². The van der Waals surface area contributed by atoms with Gasteiger partial charge in [0.2, 0.25) is 5.75 Å². The first-order chi connectivity index (χ1) is 16.8. The van der Waals surface area contributed by atoms with Gasteiger partial charge in [-0.05, 0) is 65.5 Å². The third kappa shape index (κ3) is 9.10. The van der Waals surface area contributed by atoms with E-state index in [0.29, 0.717) is 35.9 Å². The number of hydrogen-bond acceptors (Lipinski definition) is 5. The highest BCUT2D eigenvalue weighted by atomic mass is 16.5. The summed E-state index contributed by atoms with van der Waals surface area (Å²) in [5.74, 6) is 1.47. The molecule has 0 aromatic heterocycles. The van der Waals surface area contributed by atoms with Crippen molar-refractivity contribution in [2.24, 2.45) is 0 Å². The Bertz CT molecular complexity index is 896. The number of benzene rings is 1. The molecule has 0 unspecified atom stereocenters. The predicted molar refractivity (Wildman–Crippen MR) is 144 cm³/mol. The average molecular weight is 485 g/mol. The van der Waals surface area contributed by atoms with E-state index in [1.165, 1.54) is 16.7 Å². The van der Waals surface area contributed by atoms with Crippen molar-refractivity contribution in [2.45, 2.75) is 53.4 Å². The molecule has 2 rings (SSSR count). The maximum atomic E-state index is 13.1. The molecule has 6 heteroatoms. The number of rotatable bonds is 12. The molecule has 0 spiro atoms. The van der Waals surface area contributed by atoms with Gasteiger partial charge in [-0.25, -0.2) is 0 Å². The molecule has 6 nitrogen and oxygen atoms in total. The Balaban J connectivity index is 1.82. The molecule has 0 atom stereocenters. The van der Waals surface area contributed by atoms with Crippen molar-refractivity contribution >= 4 is 5.91 Å². The van der Waals surface area contributed by atoms with Gasteiger partial charge in [-0.3, -0.25) is 9.69 Å². The number of ether oxygens (including phenoxy) is 3. The average Bonchev–Trinajstić information content (AvgIpc) is 2.86. The molecule has 0 bridgehead atoms. The molecule has 0 N–H and O–H groups in total. The van der Waals surface area contributed by atoms with Gasteiger partial charge in [-0.1, -0.05) is 34.9 Å². The monoisotopic (exact) mass is 484 g/mol. The van der Waals surface area contributed by atoms with Gasteiger partial charge in [0.05, 0.1) is 21.3 Å². The lowest BCUT2D eigenvalue weighted by atomic mass is 10.1. The third-order valence-electron chi connectivity index (χ3n) is 6.39. The highest BCUT2D eigenvalue weighted by Gasteiger charge is 2.24. The molecule has 0 saturated carbocycles. The topological polar surface area (TPSA) is 51.2 Å². The maximum Gasteiger partial charge on any atom is 0.254 e. The zero-order valence-corrected chi connectivity index (χ0v) is 22.8. The Morgan fingerprint density at radius 1 is 0.800 bits per heavy atom. The molecule has 194 valence electrons. The summed E-state index contributed by atoms with van der Waals surface area (Å²) in [4.78, 5) is 17.4. The van der Waals surface area contributed by atoms with Crippen LogP contribution in [0.4, 0.5) is 0 Å². The number of hydrogen-bond donors (Lipinski definition) is 0. The molecule has 0 aliphatic carbocycles. The van der Waals surface area contributed by atoms with Gasteiger partial charge in [0, 0.05) is 38.3 Å². The Kier molecular flexibility index (Phi) is 11.9. The van der Waals surface area contributed by atoms with E-state index in [4.69, 9.17) is 14.2 Å². The zero-order valence-electron chi connectivity index (χ0n) is 22.8. The number of amides is 1. The minimum absolute atomic E-state index is 0.0117. The van der Waals surface area contributed by atoms with Crippen LogP contribution in [-0.4, -0.2) is 69.8 Å². The van der Waals surface area contributed by atoms with E-state index in [2.05, 4.69) is 50.8 Å². The molecule has 35 heavy (non-hydrogen) atoms. The van der Waals surface area contributed by atoms with Gasteiger partial charge in [0.25, 0.3) is 5.91 Å². The van der Waals surface area contributed by atoms with Crippen molar-refractivity contribution in [3.05, 3.63) is 52.6 Å². The summed E-state index contributed by atoms with van der Waals surface area (Å²) in [5, 5.41) is 0. The summed E-state index contributed by atoms with van der Waals surface area (Å²) in [6.45, 7) is 12.8. The van der Waals surface area contributed by atoms with E-state index >= 15 is 0 Å². The van der Waals surface area contributed by atoms with Crippen LogP contribution in [0.25, 0.3) is 0 Å². The molecular formula is C29H44N2O4. The molecule has 1 aromatic rings. The fourth-order valence-electron chi connectivity index (χ4n) is 4.14. The van der Waals surface area contributed by atoms with Gasteiger partial charge in [-0.15, -0.1) is 0 Å². The lowest BCUT2D eigenvalue weighted by molar-refractivity contribution is 0.0649. The molecule has 0 radical (unpaired) electrons. The predicted octanol–water partition coefficient (Wildman–Crippen LogP) is 5.89. The van der Waals surface area contributed by atoms with Crippen LogP contribution in [0.3, 0.4) is 0 Å². The number of carbonyl (C=O) groups is 1. The molecule has 1 heterocycles. The SMILES string of the molecule is COc1cc(C(=O)N2CCN(C/C=C(\C)CC/C=C(\C)CCC=C(C)C)CC2)cc(OC)c1OC. The van der Waals surface area contributed by atoms with E-state index in [0.717, 1.165) is 45.3 Å². The summed E-state index contributed by atoms with van der Waals surface area (Å²) >= 11 is 0. The third-order valence-corrected chi connectivity index (χ3v) is 6.39. The summed E-state index contributed by atoms with van der Waals surface area (Å²) in [7, 11) is 4.68. The molecule has 1 fully saturated rings. The van der Waals surface area contributed by atoms with Crippen molar-refractivity contribution in [3.63, 3.8) is 0 Å². The number of allylic oxidation sites excluding steroid dienone is 5. The van der Waals surface area contributed by atoms with E-state index in [9.17, 15) is 4.79 Å². The molecule has 1 aliphatic heterocycles. The zero-order chi connectivity index (χ0) is 25.8. The number of nitrogens with zero attached hydrogens (tertiary/aromatic N) is 2. The molecule has 1 saturated heterocycles. The summed E-state index contributed by atoms with van der Waals surface area (Å²) in [6, 6.07) is 3.44. The van der Waals surface area contributed by atoms with E-state index < -0.39 is 0 Å². The fourth-order valence-corrected chi connectivity index (χ4v) is 4.14. The first kappa shape index (κ1) is 28.5. The number of piperazine rings is 1. The fraction of sp³-hybridized carbons (Fsp3) is 0.552. The minimum atomic E-state index is -0.0117. The van der Waals surface area contributed by atoms with Crippen molar-refractivity contribution in [1.82, 2.24) is 9.80 Å². The van der Waals surface area contributed by atoms with Crippen LogP contribution < -0.4 is 14.2 Å². The molecule has 1 amide bonds. The van der Waals surface area contributed by atoms with Crippen molar-refractivity contribution in [2.75, 3.05) is 54.1 Å². The standard InChI is InChI=1S/C29H44N2O4/c1-22(2)10-8-11-23(3)12-9-13-24(4)14-15-30-16-18-31(19-17-30)29(32)25-20-26(33-5)28(35-7)27(21-25)34-6/h10,12,14,20-21H,8-9,11,13,15-19H2,1-7H3/b23-12+,24-14+. The van der Waals surface area contributed by atoms with Gasteiger partial charge in [-0.2, -0.15) is 0 Å². The van der Waals surface area contributed by atoms with Gasteiger partial charge < -0.3 is 19.1 Å².